The topological polar surface area (TPSA) is 38.3 Å². The Morgan fingerprint density at radius 1 is 0.814 bits per heavy atom. The van der Waals surface area contributed by atoms with E-state index < -0.39 is 58.7 Å². The van der Waals surface area contributed by atoms with Crippen LogP contribution in [0.2, 0.25) is 0 Å². The van der Waals surface area contributed by atoms with Gasteiger partial charge in [0, 0.05) is 22.5 Å². The highest BCUT2D eigenvalue weighted by Gasteiger charge is 2.45. The molecular formula is C30H19BrF9NO2. The molecule has 4 aromatic rings. The molecule has 13 heteroatoms. The molecule has 0 aliphatic carbocycles. The van der Waals surface area contributed by atoms with E-state index in [1.807, 2.05) is 0 Å². The molecule has 1 unspecified atom stereocenters. The van der Waals surface area contributed by atoms with Crippen LogP contribution in [-0.4, -0.2) is 18.4 Å². The zero-order valence-corrected chi connectivity index (χ0v) is 23.1. The van der Waals surface area contributed by atoms with Gasteiger partial charge in [0.15, 0.2) is 0 Å². The first-order valence-electron chi connectivity index (χ1n) is 12.3. The minimum absolute atomic E-state index is 0.189. The lowest BCUT2D eigenvalue weighted by molar-refractivity contribution is -0.253. The third-order valence-corrected chi connectivity index (χ3v) is 6.86. The SMILES string of the molecule is O=C(NC(Cc1ccccc1)(c1cccc(Br)c1)c1cc(F)cc(OC(F)(F)C(F)F)c1)c1ccc(F)c(C(F)(F)F)c1. The number of alkyl halides is 7. The Balaban J connectivity index is 1.96. The zero-order chi connectivity index (χ0) is 31.6. The number of carbonyl (C=O) groups excluding carboxylic acids is 1. The van der Waals surface area contributed by atoms with Crippen molar-refractivity contribution in [1.82, 2.24) is 5.32 Å². The minimum Gasteiger partial charge on any atom is -0.428 e. The van der Waals surface area contributed by atoms with Crippen LogP contribution in [0.15, 0.2) is 95.5 Å². The zero-order valence-electron chi connectivity index (χ0n) is 21.5. The third-order valence-electron chi connectivity index (χ3n) is 6.36. The standard InChI is InChI=1S/C30H19BrF9NO2/c31-21-8-4-7-19(12-21)28(16-17-5-2-1-3-6-17,20-13-22(32)15-23(14-20)43-30(39,40)27(34)35)41-26(42)18-9-10-25(33)24(11-18)29(36,37)38/h1-15,27H,16H2,(H,41,42). The van der Waals surface area contributed by atoms with Crippen molar-refractivity contribution in [2.24, 2.45) is 0 Å². The molecule has 0 radical (unpaired) electrons. The molecule has 4 aromatic carbocycles. The van der Waals surface area contributed by atoms with Crippen LogP contribution >= 0.6 is 15.9 Å². The van der Waals surface area contributed by atoms with E-state index in [4.69, 9.17) is 0 Å². The van der Waals surface area contributed by atoms with Crippen LogP contribution in [0.4, 0.5) is 39.5 Å². The number of amides is 1. The van der Waals surface area contributed by atoms with Crippen molar-refractivity contribution in [2.45, 2.75) is 30.7 Å². The second-order valence-corrected chi connectivity index (χ2v) is 10.3. The summed E-state index contributed by atoms with van der Waals surface area (Å²) < 4.78 is 127. The molecule has 226 valence electrons. The Morgan fingerprint density at radius 2 is 1.51 bits per heavy atom. The van der Waals surface area contributed by atoms with Gasteiger partial charge in [-0.05, 0) is 59.2 Å². The fraction of sp³-hybridized carbons (Fsp3) is 0.167. The van der Waals surface area contributed by atoms with E-state index in [1.54, 1.807) is 36.4 Å². The van der Waals surface area contributed by atoms with Gasteiger partial charge in [-0.3, -0.25) is 4.79 Å². The summed E-state index contributed by atoms with van der Waals surface area (Å²) in [5.74, 6) is -5.02. The Hall–Kier alpha value is -4.00. The molecule has 1 amide bonds. The molecule has 0 aromatic heterocycles. The Kier molecular flexibility index (Phi) is 9.14. The number of rotatable bonds is 9. The number of ether oxygens (including phenoxy) is 1. The monoisotopic (exact) mass is 675 g/mol. The number of hydrogen-bond acceptors (Lipinski definition) is 2. The molecule has 0 saturated heterocycles. The van der Waals surface area contributed by atoms with Gasteiger partial charge in [-0.25, -0.2) is 8.78 Å². The van der Waals surface area contributed by atoms with Crippen LogP contribution in [0.3, 0.4) is 0 Å². The molecule has 0 aliphatic rings. The smallest absolute Gasteiger partial charge is 0.428 e. The van der Waals surface area contributed by atoms with E-state index in [1.165, 1.54) is 18.2 Å². The van der Waals surface area contributed by atoms with Gasteiger partial charge in [-0.15, -0.1) is 0 Å². The van der Waals surface area contributed by atoms with E-state index in [9.17, 15) is 44.3 Å². The van der Waals surface area contributed by atoms with Gasteiger partial charge in [-0.2, -0.15) is 30.7 Å². The minimum atomic E-state index is -5.14. The summed E-state index contributed by atoms with van der Waals surface area (Å²) in [6.07, 6.45) is -14.7. The molecule has 43 heavy (non-hydrogen) atoms. The predicted molar refractivity (Wildman–Crippen MR) is 142 cm³/mol. The first-order chi connectivity index (χ1) is 20.1. The summed E-state index contributed by atoms with van der Waals surface area (Å²) in [7, 11) is 0. The van der Waals surface area contributed by atoms with Gasteiger partial charge in [-0.1, -0.05) is 58.4 Å². The van der Waals surface area contributed by atoms with Gasteiger partial charge in [0.25, 0.3) is 5.91 Å². The summed E-state index contributed by atoms with van der Waals surface area (Å²) >= 11 is 3.29. The Bertz CT molecular complexity index is 1610. The number of carbonyl (C=O) groups is 1. The predicted octanol–water partition coefficient (Wildman–Crippen LogP) is 8.90. The molecule has 0 aliphatic heterocycles. The maximum Gasteiger partial charge on any atom is 0.461 e. The van der Waals surface area contributed by atoms with Gasteiger partial charge in [0.2, 0.25) is 0 Å². The fourth-order valence-electron chi connectivity index (χ4n) is 4.43. The van der Waals surface area contributed by atoms with Crippen molar-refractivity contribution >= 4 is 21.8 Å². The van der Waals surface area contributed by atoms with Crippen LogP contribution in [-0.2, 0) is 18.1 Å². The van der Waals surface area contributed by atoms with Crippen LogP contribution < -0.4 is 10.1 Å². The first-order valence-corrected chi connectivity index (χ1v) is 13.1. The van der Waals surface area contributed by atoms with Gasteiger partial charge in [0.05, 0.1) is 11.1 Å². The quantitative estimate of drug-likeness (QED) is 0.180. The number of hydrogen-bond donors (Lipinski definition) is 1. The molecule has 0 heterocycles. The molecule has 0 bridgehead atoms. The van der Waals surface area contributed by atoms with Crippen molar-refractivity contribution in [3.63, 3.8) is 0 Å². The Labute approximate surface area is 247 Å². The number of halogens is 10. The largest absolute Gasteiger partial charge is 0.461 e. The maximum absolute atomic E-state index is 15.0. The average Bonchev–Trinajstić information content (AvgIpc) is 2.92. The van der Waals surface area contributed by atoms with Gasteiger partial charge >= 0.3 is 18.7 Å². The molecule has 3 nitrogen and oxygen atoms in total. The van der Waals surface area contributed by atoms with Gasteiger partial charge < -0.3 is 10.1 Å². The summed E-state index contributed by atoms with van der Waals surface area (Å²) in [6.45, 7) is 0. The van der Waals surface area contributed by atoms with Crippen molar-refractivity contribution in [1.29, 1.82) is 0 Å². The average molecular weight is 676 g/mol. The maximum atomic E-state index is 15.0. The summed E-state index contributed by atoms with van der Waals surface area (Å²) in [5.41, 5.74) is -3.88. The highest BCUT2D eigenvalue weighted by Crippen LogP contribution is 2.39. The third kappa shape index (κ3) is 7.32. The molecule has 4 rings (SSSR count). The molecule has 1 N–H and O–H groups in total. The number of nitrogens with one attached hydrogen (secondary N) is 1. The summed E-state index contributed by atoms with van der Waals surface area (Å²) in [4.78, 5) is 13.6. The fourth-order valence-corrected chi connectivity index (χ4v) is 4.83. The van der Waals surface area contributed by atoms with Crippen molar-refractivity contribution in [3.05, 3.63) is 135 Å². The number of benzene rings is 4. The van der Waals surface area contributed by atoms with Crippen molar-refractivity contribution in [2.75, 3.05) is 0 Å². The lowest BCUT2D eigenvalue weighted by atomic mass is 9.77. The summed E-state index contributed by atoms with van der Waals surface area (Å²) in [5, 5.41) is 2.59. The lowest BCUT2D eigenvalue weighted by Crippen LogP contribution is -2.49. The molecule has 0 spiro atoms. The molecule has 0 saturated carbocycles. The lowest BCUT2D eigenvalue weighted by Gasteiger charge is -2.37. The highest BCUT2D eigenvalue weighted by molar-refractivity contribution is 9.10. The van der Waals surface area contributed by atoms with E-state index in [0.29, 0.717) is 28.2 Å². The van der Waals surface area contributed by atoms with Crippen molar-refractivity contribution < 1.29 is 49.0 Å². The van der Waals surface area contributed by atoms with E-state index >= 15 is 0 Å². The van der Waals surface area contributed by atoms with E-state index in [-0.39, 0.29) is 17.5 Å². The highest BCUT2D eigenvalue weighted by atomic mass is 79.9. The van der Waals surface area contributed by atoms with Crippen molar-refractivity contribution in [3.8, 4) is 5.75 Å². The Morgan fingerprint density at radius 3 is 2.14 bits per heavy atom. The second-order valence-electron chi connectivity index (χ2n) is 9.36. The van der Waals surface area contributed by atoms with Crippen LogP contribution in [0.1, 0.15) is 32.6 Å². The molecular weight excluding hydrogens is 657 g/mol. The molecule has 1 atom stereocenters. The van der Waals surface area contributed by atoms with E-state index in [2.05, 4.69) is 26.0 Å². The van der Waals surface area contributed by atoms with Gasteiger partial charge in [0.1, 0.15) is 17.4 Å². The van der Waals surface area contributed by atoms with Crippen LogP contribution in [0.25, 0.3) is 0 Å². The first kappa shape index (κ1) is 31.9. The van der Waals surface area contributed by atoms with Crippen LogP contribution in [0.5, 0.6) is 5.75 Å². The summed E-state index contributed by atoms with van der Waals surface area (Å²) in [6, 6.07) is 17.8. The normalized spacial score (nSPS) is 13.5. The van der Waals surface area contributed by atoms with E-state index in [0.717, 1.165) is 18.2 Å². The molecule has 0 fully saturated rings. The second kappa shape index (κ2) is 12.3. The van der Waals surface area contributed by atoms with Crippen LogP contribution in [0, 0.1) is 11.6 Å².